The summed E-state index contributed by atoms with van der Waals surface area (Å²) in [5.41, 5.74) is 2.20. The molecule has 154 valence electrons. The molecule has 1 heterocycles. The average Bonchev–Trinajstić information content (AvgIpc) is 2.62. The minimum absolute atomic E-state index is 0.00904. The first kappa shape index (κ1) is 22.1. The molecule has 1 aromatic rings. The molecule has 1 N–H and O–H groups in total. The van der Waals surface area contributed by atoms with E-state index in [1.54, 1.807) is 9.80 Å². The van der Waals surface area contributed by atoms with Gasteiger partial charge < -0.3 is 19.8 Å². The minimum atomic E-state index is -0.252. The summed E-state index contributed by atoms with van der Waals surface area (Å²) in [6.45, 7) is 6.77. The van der Waals surface area contributed by atoms with Crippen LogP contribution in [0, 0.1) is 0 Å². The van der Waals surface area contributed by atoms with E-state index in [9.17, 15) is 14.7 Å². The molecular weight excluding hydrogens is 354 g/mol. The van der Waals surface area contributed by atoms with Crippen molar-refractivity contribution >= 4 is 17.9 Å². The van der Waals surface area contributed by atoms with Gasteiger partial charge in [0.25, 0.3) is 0 Å². The smallest absolute Gasteiger partial charge is 0.236 e. The number of hydrogen-bond acceptors (Lipinski definition) is 4. The van der Waals surface area contributed by atoms with Gasteiger partial charge in [-0.05, 0) is 39.1 Å². The first-order valence-electron chi connectivity index (χ1n) is 9.88. The van der Waals surface area contributed by atoms with Crippen LogP contribution in [0.4, 0.5) is 0 Å². The summed E-state index contributed by atoms with van der Waals surface area (Å²) < 4.78 is 0. The topological polar surface area (TPSA) is 64.1 Å². The number of aliphatic hydroxyl groups is 1. The van der Waals surface area contributed by atoms with Crippen LogP contribution in [0.15, 0.2) is 30.3 Å². The number of allylic oxidation sites excluding steroid dienone is 1. The van der Waals surface area contributed by atoms with Crippen LogP contribution in [0.3, 0.4) is 0 Å². The van der Waals surface area contributed by atoms with Crippen LogP contribution in [0.2, 0.25) is 0 Å². The zero-order valence-electron chi connectivity index (χ0n) is 17.6. The van der Waals surface area contributed by atoms with Crippen molar-refractivity contribution < 1.29 is 14.7 Å². The normalized spacial score (nSPS) is 21.8. The van der Waals surface area contributed by atoms with Crippen molar-refractivity contribution in [3.05, 3.63) is 41.5 Å². The summed E-state index contributed by atoms with van der Waals surface area (Å²) in [6, 6.07) is 7.83. The molecule has 0 bridgehead atoms. The Bertz CT molecular complexity index is 699. The van der Waals surface area contributed by atoms with Crippen LogP contribution < -0.4 is 0 Å². The number of carbonyl (C=O) groups is 2. The third-order valence-corrected chi connectivity index (χ3v) is 5.37. The monoisotopic (exact) mass is 387 g/mol. The number of benzene rings is 1. The quantitative estimate of drug-likeness (QED) is 0.739. The van der Waals surface area contributed by atoms with Gasteiger partial charge in [0, 0.05) is 25.9 Å². The Hall–Kier alpha value is -2.18. The fourth-order valence-electron chi connectivity index (χ4n) is 4.09. The predicted octanol–water partition coefficient (Wildman–Crippen LogP) is 1.80. The maximum Gasteiger partial charge on any atom is 0.236 e. The second kappa shape index (κ2) is 9.85. The van der Waals surface area contributed by atoms with Crippen LogP contribution in [-0.2, 0) is 9.59 Å². The van der Waals surface area contributed by atoms with Gasteiger partial charge in [-0.1, -0.05) is 36.4 Å². The highest BCUT2D eigenvalue weighted by Gasteiger charge is 2.50. The molecule has 0 aliphatic carbocycles. The number of likely N-dealkylation sites (N-methyl/N-ethyl adjacent to an activating group) is 2. The zero-order chi connectivity index (χ0) is 20.8. The maximum absolute atomic E-state index is 12.6. The van der Waals surface area contributed by atoms with Crippen molar-refractivity contribution in [1.82, 2.24) is 14.7 Å². The third-order valence-electron chi connectivity index (χ3n) is 5.37. The number of aliphatic hydroxyl groups excluding tert-OH is 1. The SMILES string of the molecule is C/C=C/c1ccc([C@H]2[C@@H](CO)N(C(C)=O)[C@@H]2CN(CC)C(=O)CN(C)C)cc1. The van der Waals surface area contributed by atoms with Crippen LogP contribution in [0.1, 0.15) is 37.8 Å². The number of amides is 2. The Morgan fingerprint density at radius 1 is 1.18 bits per heavy atom. The average molecular weight is 388 g/mol. The van der Waals surface area contributed by atoms with E-state index in [-0.39, 0.29) is 36.4 Å². The van der Waals surface area contributed by atoms with Gasteiger partial charge in [0.1, 0.15) is 0 Å². The lowest BCUT2D eigenvalue weighted by molar-refractivity contribution is -0.152. The van der Waals surface area contributed by atoms with E-state index in [1.807, 2.05) is 57.1 Å². The van der Waals surface area contributed by atoms with Gasteiger partial charge in [0.05, 0.1) is 25.2 Å². The second-order valence-electron chi connectivity index (χ2n) is 7.61. The van der Waals surface area contributed by atoms with Gasteiger partial charge in [-0.25, -0.2) is 0 Å². The highest BCUT2D eigenvalue weighted by atomic mass is 16.3. The molecule has 28 heavy (non-hydrogen) atoms. The molecule has 0 saturated carbocycles. The molecule has 6 nitrogen and oxygen atoms in total. The summed E-state index contributed by atoms with van der Waals surface area (Å²) in [6.07, 6.45) is 4.02. The molecule has 0 radical (unpaired) electrons. The Labute approximate surface area is 168 Å². The molecule has 1 fully saturated rings. The molecular formula is C22H33N3O3. The summed E-state index contributed by atoms with van der Waals surface area (Å²) in [7, 11) is 3.74. The molecule has 0 spiro atoms. The number of likely N-dealkylation sites (tertiary alicyclic amines) is 1. The number of rotatable bonds is 8. The molecule has 6 heteroatoms. The highest BCUT2D eigenvalue weighted by Crippen LogP contribution is 2.41. The summed E-state index contributed by atoms with van der Waals surface area (Å²) in [4.78, 5) is 30.2. The van der Waals surface area contributed by atoms with Gasteiger partial charge in [-0.15, -0.1) is 0 Å². The first-order valence-corrected chi connectivity index (χ1v) is 9.88. The van der Waals surface area contributed by atoms with Crippen LogP contribution in [0.5, 0.6) is 0 Å². The zero-order valence-corrected chi connectivity index (χ0v) is 17.6. The van der Waals surface area contributed by atoms with Crippen molar-refractivity contribution in [3.63, 3.8) is 0 Å². The van der Waals surface area contributed by atoms with Gasteiger partial charge in [0.15, 0.2) is 0 Å². The molecule has 2 amide bonds. The van der Waals surface area contributed by atoms with Crippen LogP contribution >= 0.6 is 0 Å². The number of carbonyl (C=O) groups excluding carboxylic acids is 2. The van der Waals surface area contributed by atoms with E-state index in [0.717, 1.165) is 11.1 Å². The Balaban J connectivity index is 2.27. The molecule has 1 aliphatic rings. The lowest BCUT2D eigenvalue weighted by Crippen LogP contribution is -2.68. The van der Waals surface area contributed by atoms with Crippen LogP contribution in [-0.4, -0.2) is 84.0 Å². The van der Waals surface area contributed by atoms with Crippen molar-refractivity contribution in [2.75, 3.05) is 40.3 Å². The van der Waals surface area contributed by atoms with E-state index in [1.165, 1.54) is 6.92 Å². The van der Waals surface area contributed by atoms with E-state index in [2.05, 4.69) is 12.1 Å². The fourth-order valence-corrected chi connectivity index (χ4v) is 4.09. The highest BCUT2D eigenvalue weighted by molar-refractivity contribution is 5.79. The standard InChI is InChI=1S/C22H33N3O3/c1-6-8-17-9-11-18(12-10-17)22-19(25(16(3)27)20(22)15-26)13-24(7-2)21(28)14-23(4)5/h6,8-12,19-20,22,26H,7,13-15H2,1-5H3/b8-6+/t19-,20-,22-/m1/s1. The van der Waals surface area contributed by atoms with Crippen molar-refractivity contribution in [2.24, 2.45) is 0 Å². The van der Waals surface area contributed by atoms with Crippen molar-refractivity contribution in [1.29, 1.82) is 0 Å². The lowest BCUT2D eigenvalue weighted by Gasteiger charge is -2.55. The van der Waals surface area contributed by atoms with Gasteiger partial charge in [0.2, 0.25) is 11.8 Å². The number of hydrogen-bond donors (Lipinski definition) is 1. The molecule has 1 aliphatic heterocycles. The molecule has 0 aromatic heterocycles. The Morgan fingerprint density at radius 3 is 2.29 bits per heavy atom. The first-order chi connectivity index (χ1) is 13.3. The lowest BCUT2D eigenvalue weighted by atomic mass is 9.74. The van der Waals surface area contributed by atoms with Crippen molar-refractivity contribution in [2.45, 2.75) is 38.8 Å². The van der Waals surface area contributed by atoms with Crippen molar-refractivity contribution in [3.8, 4) is 0 Å². The summed E-state index contributed by atoms with van der Waals surface area (Å²) in [5, 5.41) is 9.92. The van der Waals surface area contributed by atoms with Crippen LogP contribution in [0.25, 0.3) is 6.08 Å². The van der Waals surface area contributed by atoms with Gasteiger partial charge in [-0.3, -0.25) is 9.59 Å². The third kappa shape index (κ3) is 4.80. The number of nitrogens with zero attached hydrogens (tertiary/aromatic N) is 3. The molecule has 0 unspecified atom stereocenters. The molecule has 1 aromatic carbocycles. The minimum Gasteiger partial charge on any atom is -0.394 e. The van der Waals surface area contributed by atoms with Gasteiger partial charge >= 0.3 is 0 Å². The molecule has 3 atom stereocenters. The predicted molar refractivity (Wildman–Crippen MR) is 112 cm³/mol. The molecule has 1 saturated heterocycles. The second-order valence-corrected chi connectivity index (χ2v) is 7.61. The van der Waals surface area contributed by atoms with E-state index in [0.29, 0.717) is 19.6 Å². The summed E-state index contributed by atoms with van der Waals surface area (Å²) >= 11 is 0. The Kier molecular flexibility index (Phi) is 7.78. The maximum atomic E-state index is 12.6. The van der Waals surface area contributed by atoms with E-state index >= 15 is 0 Å². The largest absolute Gasteiger partial charge is 0.394 e. The molecule has 2 rings (SSSR count). The summed E-state index contributed by atoms with van der Waals surface area (Å²) in [5.74, 6) is -0.0117. The Morgan fingerprint density at radius 2 is 1.82 bits per heavy atom. The fraction of sp³-hybridized carbons (Fsp3) is 0.545. The van der Waals surface area contributed by atoms with Gasteiger partial charge in [-0.2, -0.15) is 0 Å². The van der Waals surface area contributed by atoms with E-state index in [4.69, 9.17) is 0 Å². The van der Waals surface area contributed by atoms with E-state index < -0.39 is 0 Å².